The molecule has 1 fully saturated rings. The normalized spacial score (nSPS) is 23.4. The van der Waals surface area contributed by atoms with Crippen molar-refractivity contribution < 1.29 is 4.74 Å². The number of aryl methyl sites for hydroxylation is 1. The quantitative estimate of drug-likeness (QED) is 0.105. The molecule has 2 spiro atoms. The van der Waals surface area contributed by atoms with E-state index in [0.717, 1.165) is 93.2 Å². The SMILES string of the molecule is C/C=C\C.C=C(CCc1ccc2ccc3c(c2c1)N=CC1(C3)N(C)C2=C(C#CCC2)C1(C)C)CCC1CC(CCC(=C)COc2ccc3ccc4c(c3c2)N=CC2(C4)N(C)C3=C(C=CCC3)C2(C)C)C1.CC.CC.CC. The van der Waals surface area contributed by atoms with Crippen LogP contribution in [0.25, 0.3) is 21.5 Å². The molecular weight excluding hydrogens is 925 g/mol. The molecule has 5 nitrogen and oxygen atoms in total. The van der Waals surface area contributed by atoms with Crippen LogP contribution in [0.5, 0.6) is 5.75 Å². The second kappa shape index (κ2) is 24.6. The van der Waals surface area contributed by atoms with E-state index in [4.69, 9.17) is 14.7 Å². The number of rotatable bonds is 12. The number of benzene rings is 4. The lowest BCUT2D eigenvalue weighted by Gasteiger charge is -2.47. The number of nitrogens with zero attached hydrogens (tertiary/aromatic N) is 4. The zero-order valence-electron chi connectivity index (χ0n) is 49.6. The molecule has 404 valence electrons. The standard InChI is InChI=1S/C61H68N4O.C4H8.3C2H6/c1-40(17-20-42-23-24-45-25-27-47-35-60(38-62-56(47)50(45)33-42)58(3,4)52-13-9-11-15-54(52)64(60)7)18-21-43-31-44(32-43)22-19-41(2)37-66-49-30-29-46-26-28-48-36-61(39-63-57(48)51(46)34-49)59(5,6)53-14-10-12-16-55(53)65(61)8;1-3-4-2;3*1-2/h10,14,23-30,33-34,38-39,43-44H,1-2,11-12,15-22,31-32,35-37H2,3-8H3;3-4H,1-2H3;3*1-2H3/b;4-3-;;;. The van der Waals surface area contributed by atoms with Crippen molar-refractivity contribution in [3.8, 4) is 17.6 Å². The lowest BCUT2D eigenvalue weighted by Crippen LogP contribution is -2.55. The Balaban J connectivity index is 0.000000787. The van der Waals surface area contributed by atoms with Crippen molar-refractivity contribution in [2.75, 3.05) is 20.7 Å². The van der Waals surface area contributed by atoms with E-state index in [1.54, 1.807) is 0 Å². The second-order valence-electron chi connectivity index (χ2n) is 22.8. The van der Waals surface area contributed by atoms with Gasteiger partial charge in [-0.15, -0.1) is 0 Å². The Labute approximate surface area is 461 Å². The van der Waals surface area contributed by atoms with E-state index in [1.807, 2.05) is 67.5 Å². The van der Waals surface area contributed by atoms with E-state index in [9.17, 15) is 0 Å². The molecule has 4 heterocycles. The molecule has 7 aliphatic rings. The Morgan fingerprint density at radius 1 is 0.684 bits per heavy atom. The van der Waals surface area contributed by atoms with Gasteiger partial charge in [0.2, 0.25) is 0 Å². The largest absolute Gasteiger partial charge is 0.489 e. The number of ether oxygens (including phenoxy) is 1. The van der Waals surface area contributed by atoms with Gasteiger partial charge in [-0.3, -0.25) is 9.98 Å². The Morgan fingerprint density at radius 3 is 1.83 bits per heavy atom. The summed E-state index contributed by atoms with van der Waals surface area (Å²) in [5.41, 5.74) is 14.1. The first kappa shape index (κ1) is 57.8. The summed E-state index contributed by atoms with van der Waals surface area (Å²) in [7, 11) is 4.54. The van der Waals surface area contributed by atoms with Crippen molar-refractivity contribution in [1.29, 1.82) is 0 Å². The van der Waals surface area contributed by atoms with Crippen molar-refractivity contribution in [3.63, 3.8) is 0 Å². The van der Waals surface area contributed by atoms with E-state index >= 15 is 0 Å². The van der Waals surface area contributed by atoms with Crippen LogP contribution in [0.3, 0.4) is 0 Å². The van der Waals surface area contributed by atoms with Crippen molar-refractivity contribution >= 4 is 45.3 Å². The van der Waals surface area contributed by atoms with Crippen LogP contribution >= 0.6 is 0 Å². The van der Waals surface area contributed by atoms with Gasteiger partial charge < -0.3 is 14.5 Å². The average molecular weight is 1020 g/mol. The maximum Gasteiger partial charge on any atom is 0.120 e. The molecule has 4 aromatic rings. The first-order valence-electron chi connectivity index (χ1n) is 29.5. The van der Waals surface area contributed by atoms with Crippen LogP contribution in [-0.4, -0.2) is 54.0 Å². The van der Waals surface area contributed by atoms with Gasteiger partial charge in [-0.25, -0.2) is 0 Å². The van der Waals surface area contributed by atoms with Crippen molar-refractivity contribution in [2.45, 2.75) is 184 Å². The molecule has 2 unspecified atom stereocenters. The van der Waals surface area contributed by atoms with Crippen molar-refractivity contribution in [2.24, 2.45) is 32.7 Å². The van der Waals surface area contributed by atoms with Crippen molar-refractivity contribution in [1.82, 2.24) is 9.80 Å². The molecule has 2 atom stereocenters. The van der Waals surface area contributed by atoms with Crippen LogP contribution in [0, 0.1) is 34.5 Å². The molecule has 0 aromatic heterocycles. The lowest BCUT2D eigenvalue weighted by atomic mass is 9.66. The third kappa shape index (κ3) is 10.7. The monoisotopic (exact) mass is 1020 g/mol. The highest BCUT2D eigenvalue weighted by Crippen LogP contribution is 2.57. The average Bonchev–Trinajstić information content (AvgIpc) is 3.71. The fourth-order valence-electron chi connectivity index (χ4n) is 13.3. The molecule has 76 heavy (non-hydrogen) atoms. The number of aliphatic imine (C=N–C) groups is 2. The molecule has 0 bridgehead atoms. The predicted molar refractivity (Wildman–Crippen MR) is 331 cm³/mol. The topological polar surface area (TPSA) is 40.4 Å². The lowest BCUT2D eigenvalue weighted by molar-refractivity contribution is 0.157. The van der Waals surface area contributed by atoms with Gasteiger partial charge in [0.25, 0.3) is 0 Å². The Morgan fingerprint density at radius 2 is 1.24 bits per heavy atom. The maximum absolute atomic E-state index is 6.39. The highest BCUT2D eigenvalue weighted by atomic mass is 16.5. The van der Waals surface area contributed by atoms with Gasteiger partial charge in [0.1, 0.15) is 12.4 Å². The van der Waals surface area contributed by atoms with Gasteiger partial charge in [-0.1, -0.05) is 167 Å². The van der Waals surface area contributed by atoms with E-state index in [-0.39, 0.29) is 21.9 Å². The first-order valence-corrected chi connectivity index (χ1v) is 29.5. The summed E-state index contributed by atoms with van der Waals surface area (Å²) in [5.74, 6) is 9.42. The molecule has 0 N–H and O–H groups in total. The van der Waals surface area contributed by atoms with Gasteiger partial charge in [0.15, 0.2) is 0 Å². The first-order chi connectivity index (χ1) is 36.7. The van der Waals surface area contributed by atoms with E-state index in [1.165, 1.54) is 97.6 Å². The summed E-state index contributed by atoms with van der Waals surface area (Å²) in [6, 6.07) is 22.7. The fourth-order valence-corrected chi connectivity index (χ4v) is 13.3. The Kier molecular flexibility index (Phi) is 18.8. The van der Waals surface area contributed by atoms with Crippen LogP contribution in [0.15, 0.2) is 142 Å². The third-order valence-corrected chi connectivity index (χ3v) is 18.2. The maximum atomic E-state index is 6.39. The molecular formula is C71H94N4O. The van der Waals surface area contributed by atoms with Crippen LogP contribution in [0.1, 0.15) is 170 Å². The van der Waals surface area contributed by atoms with Gasteiger partial charge in [0.05, 0.1) is 22.5 Å². The molecule has 0 amide bonds. The van der Waals surface area contributed by atoms with E-state index in [2.05, 4.69) is 162 Å². The Bertz CT molecular complexity index is 3020. The summed E-state index contributed by atoms with van der Waals surface area (Å²) >= 11 is 0. The number of hydrogen-bond donors (Lipinski definition) is 0. The number of fused-ring (bicyclic) bond motifs is 6. The summed E-state index contributed by atoms with van der Waals surface area (Å²) < 4.78 is 6.39. The van der Waals surface area contributed by atoms with Crippen molar-refractivity contribution in [3.05, 3.63) is 149 Å². The molecule has 11 rings (SSSR count). The number of likely N-dealkylation sites (N-methyl/N-ethyl adjacent to an activating group) is 2. The molecule has 1 saturated carbocycles. The molecule has 3 aliphatic carbocycles. The third-order valence-electron chi connectivity index (χ3n) is 18.2. The molecule has 4 aliphatic heterocycles. The zero-order valence-corrected chi connectivity index (χ0v) is 49.6. The summed E-state index contributed by atoms with van der Waals surface area (Å²) in [6.07, 6.45) is 28.7. The van der Waals surface area contributed by atoms with Crippen LogP contribution in [-0.2, 0) is 19.3 Å². The number of allylic oxidation sites excluding steroid dienone is 7. The highest BCUT2D eigenvalue weighted by Gasteiger charge is 2.58. The molecule has 4 aromatic carbocycles. The van der Waals surface area contributed by atoms with Gasteiger partial charge >= 0.3 is 0 Å². The predicted octanol–water partition coefficient (Wildman–Crippen LogP) is 19.0. The van der Waals surface area contributed by atoms with Crippen LogP contribution in [0.4, 0.5) is 11.4 Å². The zero-order chi connectivity index (χ0) is 55.0. The highest BCUT2D eigenvalue weighted by molar-refractivity contribution is 6.00. The summed E-state index contributed by atoms with van der Waals surface area (Å²) in [5, 5.41) is 4.92. The smallest absolute Gasteiger partial charge is 0.120 e. The fraction of sp³-hybridized carbons (Fsp3) is 0.493. The molecule has 0 saturated heterocycles. The van der Waals surface area contributed by atoms with Gasteiger partial charge in [-0.05, 0) is 153 Å². The summed E-state index contributed by atoms with van der Waals surface area (Å²) in [4.78, 5) is 15.6. The molecule has 0 radical (unpaired) electrons. The summed E-state index contributed by atoms with van der Waals surface area (Å²) in [6.45, 7) is 35.1. The molecule has 5 heteroatoms. The number of hydrogen-bond acceptors (Lipinski definition) is 5. The van der Waals surface area contributed by atoms with Crippen LogP contribution < -0.4 is 4.74 Å². The van der Waals surface area contributed by atoms with Gasteiger partial charge in [0, 0.05) is 84.4 Å². The second-order valence-corrected chi connectivity index (χ2v) is 22.8. The van der Waals surface area contributed by atoms with Gasteiger partial charge in [-0.2, -0.15) is 0 Å². The van der Waals surface area contributed by atoms with E-state index in [0.29, 0.717) is 6.61 Å². The minimum absolute atomic E-state index is 0.0199. The van der Waals surface area contributed by atoms with Crippen LogP contribution in [0.2, 0.25) is 0 Å². The Hall–Kier alpha value is -5.86. The minimum atomic E-state index is -0.181. The van der Waals surface area contributed by atoms with E-state index < -0.39 is 0 Å². The minimum Gasteiger partial charge on any atom is -0.489 e.